The minimum absolute atomic E-state index is 0. The summed E-state index contributed by atoms with van der Waals surface area (Å²) in [5.41, 5.74) is 3.76. The topological polar surface area (TPSA) is 24.4 Å². The highest BCUT2D eigenvalue weighted by atomic mass is 35.5. The molecule has 4 heteroatoms. The zero-order valence-corrected chi connectivity index (χ0v) is 13.1. The predicted molar refractivity (Wildman–Crippen MR) is 89.8 cm³/mol. The van der Waals surface area contributed by atoms with E-state index in [-0.39, 0.29) is 18.4 Å². The van der Waals surface area contributed by atoms with Crippen LogP contribution in [-0.2, 0) is 0 Å². The molecule has 3 rings (SSSR count). The van der Waals surface area contributed by atoms with Crippen molar-refractivity contribution < 1.29 is 0 Å². The first kappa shape index (κ1) is 14.8. The molecule has 1 aliphatic rings. The van der Waals surface area contributed by atoms with Crippen LogP contribution in [0.25, 0.3) is 5.57 Å². The van der Waals surface area contributed by atoms with Crippen molar-refractivity contribution in [3.8, 4) is 0 Å². The first-order valence-corrected chi connectivity index (χ1v) is 7.17. The van der Waals surface area contributed by atoms with Crippen molar-refractivity contribution >= 4 is 35.7 Å². The van der Waals surface area contributed by atoms with E-state index in [9.17, 15) is 0 Å². The molecule has 0 saturated heterocycles. The first-order chi connectivity index (χ1) is 9.25. The Balaban J connectivity index is 0.00000147. The molecule has 0 spiro atoms. The fraction of sp³-hybridized carbons (Fsp3) is 0.188. The van der Waals surface area contributed by atoms with Gasteiger partial charge in [-0.3, -0.25) is 4.99 Å². The zero-order chi connectivity index (χ0) is 13.2. The van der Waals surface area contributed by atoms with Gasteiger partial charge in [-0.15, -0.1) is 23.7 Å². The molecule has 1 aromatic carbocycles. The van der Waals surface area contributed by atoms with E-state index in [1.165, 1.54) is 26.5 Å². The van der Waals surface area contributed by atoms with E-state index in [2.05, 4.69) is 60.7 Å². The Morgan fingerprint density at radius 1 is 1.15 bits per heavy atom. The molecule has 0 saturated carbocycles. The molecule has 1 aromatic heterocycles. The number of aryl methyl sites for hydroxylation is 2. The zero-order valence-electron chi connectivity index (χ0n) is 11.5. The second kappa shape index (κ2) is 6.25. The Labute approximate surface area is 129 Å². The van der Waals surface area contributed by atoms with E-state index in [0.717, 1.165) is 0 Å². The number of nitrogens with zero attached hydrogens (tertiary/aromatic N) is 1. The molecule has 2 aromatic rings. The third-order valence-electron chi connectivity index (χ3n) is 3.31. The monoisotopic (exact) mass is 304 g/mol. The van der Waals surface area contributed by atoms with Crippen molar-refractivity contribution in [1.29, 1.82) is 0 Å². The van der Waals surface area contributed by atoms with E-state index >= 15 is 0 Å². The first-order valence-electron chi connectivity index (χ1n) is 6.36. The average Bonchev–Trinajstić information content (AvgIpc) is 2.79. The van der Waals surface area contributed by atoms with Crippen LogP contribution in [0.4, 0.5) is 0 Å². The number of rotatable bonds is 2. The summed E-state index contributed by atoms with van der Waals surface area (Å²) in [4.78, 5) is 7.33. The third kappa shape index (κ3) is 2.79. The number of hydrogen-bond donors (Lipinski definition) is 1. The summed E-state index contributed by atoms with van der Waals surface area (Å²) in [5, 5.41) is 3.11. The molecule has 1 N–H and O–H groups in total. The minimum Gasteiger partial charge on any atom is -0.353 e. The Morgan fingerprint density at radius 2 is 1.90 bits per heavy atom. The van der Waals surface area contributed by atoms with Crippen molar-refractivity contribution in [1.82, 2.24) is 5.32 Å². The standard InChI is InChI=1S/C16H16N2S.ClH/c1-11-8-14(12(2)19-11)16-15(9-17-10-18-16)13-6-4-3-5-7-13;/h3-10,16H,1-2H3,(H,17,18);1H. The average molecular weight is 305 g/mol. The van der Waals surface area contributed by atoms with Crippen molar-refractivity contribution in [2.45, 2.75) is 19.9 Å². The lowest BCUT2D eigenvalue weighted by Crippen LogP contribution is -2.13. The van der Waals surface area contributed by atoms with Gasteiger partial charge in [0.25, 0.3) is 0 Å². The largest absolute Gasteiger partial charge is 0.353 e. The molecule has 2 heterocycles. The highest BCUT2D eigenvalue weighted by Gasteiger charge is 2.22. The van der Waals surface area contributed by atoms with Gasteiger partial charge in [-0.25, -0.2) is 0 Å². The van der Waals surface area contributed by atoms with Gasteiger partial charge >= 0.3 is 0 Å². The summed E-state index contributed by atoms with van der Waals surface area (Å²) in [7, 11) is 0. The highest BCUT2D eigenvalue weighted by molar-refractivity contribution is 7.12. The summed E-state index contributed by atoms with van der Waals surface area (Å²) in [6, 6.07) is 12.8. The van der Waals surface area contributed by atoms with Gasteiger partial charge in [-0.2, -0.15) is 0 Å². The van der Waals surface area contributed by atoms with Crippen LogP contribution in [0.15, 0.2) is 47.6 Å². The Morgan fingerprint density at radius 3 is 2.55 bits per heavy atom. The lowest BCUT2D eigenvalue weighted by molar-refractivity contribution is 0.903. The molecule has 0 radical (unpaired) electrons. The van der Waals surface area contributed by atoms with Gasteiger partial charge in [0.15, 0.2) is 0 Å². The highest BCUT2D eigenvalue weighted by Crippen LogP contribution is 2.38. The maximum atomic E-state index is 4.63. The maximum absolute atomic E-state index is 4.63. The van der Waals surface area contributed by atoms with Gasteiger partial charge in [0, 0.05) is 21.5 Å². The molecule has 2 nitrogen and oxygen atoms in total. The van der Waals surface area contributed by atoms with Crippen LogP contribution >= 0.6 is 23.7 Å². The molecule has 1 aliphatic heterocycles. The van der Waals surface area contributed by atoms with Gasteiger partial charge < -0.3 is 5.32 Å². The fourth-order valence-corrected chi connectivity index (χ4v) is 3.40. The number of aliphatic imine (C=N–C) groups is 1. The molecule has 0 aliphatic carbocycles. The van der Waals surface area contributed by atoms with Crippen LogP contribution in [0, 0.1) is 13.8 Å². The number of thiophene rings is 1. The lowest BCUT2D eigenvalue weighted by Gasteiger charge is -2.20. The minimum atomic E-state index is 0. The van der Waals surface area contributed by atoms with E-state index in [1.807, 2.05) is 17.4 Å². The molecule has 0 bridgehead atoms. The van der Waals surface area contributed by atoms with Crippen molar-refractivity contribution in [2.75, 3.05) is 0 Å². The molecular formula is C16H17ClN2S. The van der Waals surface area contributed by atoms with Gasteiger partial charge in [-0.05, 0) is 31.0 Å². The smallest absolute Gasteiger partial charge is 0.105 e. The van der Waals surface area contributed by atoms with Crippen LogP contribution < -0.4 is 5.32 Å². The lowest BCUT2D eigenvalue weighted by atomic mass is 9.93. The maximum Gasteiger partial charge on any atom is 0.105 e. The van der Waals surface area contributed by atoms with Crippen molar-refractivity contribution in [3.05, 3.63) is 63.5 Å². The number of hydrogen-bond acceptors (Lipinski definition) is 3. The van der Waals surface area contributed by atoms with Gasteiger partial charge in [-0.1, -0.05) is 30.3 Å². The molecule has 1 atom stereocenters. The van der Waals surface area contributed by atoms with E-state index in [4.69, 9.17) is 0 Å². The number of benzene rings is 1. The van der Waals surface area contributed by atoms with Crippen LogP contribution in [0.2, 0.25) is 0 Å². The molecule has 20 heavy (non-hydrogen) atoms. The molecule has 1 unspecified atom stereocenters. The normalized spacial score (nSPS) is 17.1. The van der Waals surface area contributed by atoms with E-state index in [1.54, 1.807) is 6.34 Å². The van der Waals surface area contributed by atoms with Crippen LogP contribution in [-0.4, -0.2) is 6.34 Å². The van der Waals surface area contributed by atoms with Crippen LogP contribution in [0.5, 0.6) is 0 Å². The molecule has 104 valence electrons. The Kier molecular flexibility index (Phi) is 4.63. The van der Waals surface area contributed by atoms with Crippen LogP contribution in [0.1, 0.15) is 26.9 Å². The Hall–Kier alpha value is -1.58. The van der Waals surface area contributed by atoms with E-state index in [0.29, 0.717) is 0 Å². The summed E-state index contributed by atoms with van der Waals surface area (Å²) in [5.74, 6) is 0. The van der Waals surface area contributed by atoms with Crippen LogP contribution in [0.3, 0.4) is 0 Å². The van der Waals surface area contributed by atoms with E-state index < -0.39 is 0 Å². The third-order valence-corrected chi connectivity index (χ3v) is 4.29. The molecular weight excluding hydrogens is 288 g/mol. The van der Waals surface area contributed by atoms with Crippen molar-refractivity contribution in [3.63, 3.8) is 0 Å². The van der Waals surface area contributed by atoms with Gasteiger partial charge in [0.2, 0.25) is 0 Å². The quantitative estimate of drug-likeness (QED) is 0.868. The predicted octanol–water partition coefficient (Wildman–Crippen LogP) is 4.50. The number of nitrogens with one attached hydrogen (secondary N) is 1. The summed E-state index contributed by atoms with van der Waals surface area (Å²) < 4.78 is 0. The fourth-order valence-electron chi connectivity index (χ4n) is 2.45. The summed E-state index contributed by atoms with van der Waals surface area (Å²) in [6.07, 6.45) is 3.84. The molecule has 0 amide bonds. The second-order valence-electron chi connectivity index (χ2n) is 4.68. The van der Waals surface area contributed by atoms with Gasteiger partial charge in [0.05, 0.1) is 6.34 Å². The number of halogens is 1. The van der Waals surface area contributed by atoms with Crippen molar-refractivity contribution in [2.24, 2.45) is 4.99 Å². The summed E-state index contributed by atoms with van der Waals surface area (Å²) in [6.45, 7) is 4.32. The summed E-state index contributed by atoms with van der Waals surface area (Å²) >= 11 is 1.84. The SMILES string of the molecule is Cc1cc(C2N=CNC=C2c2ccccc2)c(C)s1.Cl. The second-order valence-corrected chi connectivity index (χ2v) is 6.14. The Bertz CT molecular complexity index is 644. The molecule has 0 fully saturated rings. The van der Waals surface area contributed by atoms with Gasteiger partial charge in [0.1, 0.15) is 6.04 Å².